The molecule has 1 saturated heterocycles. The number of ether oxygens (including phenoxy) is 1. The van der Waals surface area contributed by atoms with Gasteiger partial charge in [-0.05, 0) is 87.3 Å². The molecule has 1 aliphatic carbocycles. The summed E-state index contributed by atoms with van der Waals surface area (Å²) in [7, 11) is -3.77. The number of sulfone groups is 1. The van der Waals surface area contributed by atoms with Gasteiger partial charge in [0.05, 0.1) is 11.7 Å². The van der Waals surface area contributed by atoms with Crippen LogP contribution in [0.3, 0.4) is 0 Å². The molecular formula is C30H34N3O5S. The fraction of sp³-hybridized carbons (Fsp3) is 0.433. The van der Waals surface area contributed by atoms with Crippen LogP contribution in [0.15, 0.2) is 48.7 Å². The standard InChI is InChI=1S/C30H34N3O5S/c1-29(15-16-29)25-12-9-22(10-13-25)7-8-23-11-14-26-24(20-23)21-31-33(26)18-17-30(2,39(3,35)36)28(34)32-38-27-6-4-5-19-37-27/h9-14,20-21,27H,1,4-6,15-19H2,2-3H3,(H,32,34). The monoisotopic (exact) mass is 548 g/mol. The summed E-state index contributed by atoms with van der Waals surface area (Å²) in [6.45, 7) is 6.47. The number of hydrogen-bond donors (Lipinski definition) is 1. The molecule has 1 N–H and O–H groups in total. The molecule has 1 aliphatic heterocycles. The molecule has 2 aromatic carbocycles. The van der Waals surface area contributed by atoms with E-state index in [1.807, 2.05) is 30.3 Å². The summed E-state index contributed by atoms with van der Waals surface area (Å²) < 4.78 is 30.8. The molecule has 2 heterocycles. The maximum absolute atomic E-state index is 13.0. The van der Waals surface area contributed by atoms with Gasteiger partial charge in [0.15, 0.2) is 20.9 Å². The SMILES string of the molecule is [CH2]C1(c2ccc(C#Cc3ccc4c(cnn4CCC(C)(C(=O)NOC4CCCCO4)S(C)(=O)=O)c3)cc2)CC1. The van der Waals surface area contributed by atoms with Gasteiger partial charge in [-0.25, -0.2) is 18.7 Å². The van der Waals surface area contributed by atoms with Crippen molar-refractivity contribution in [1.29, 1.82) is 0 Å². The maximum Gasteiger partial charge on any atom is 0.264 e. The largest absolute Gasteiger partial charge is 0.350 e. The molecule has 2 unspecified atom stereocenters. The van der Waals surface area contributed by atoms with Crippen LogP contribution in [0.25, 0.3) is 10.9 Å². The number of aryl methyl sites for hydroxylation is 1. The molecule has 39 heavy (non-hydrogen) atoms. The Bertz CT molecular complexity index is 1520. The minimum absolute atomic E-state index is 0.0233. The first kappa shape index (κ1) is 27.4. The van der Waals surface area contributed by atoms with Gasteiger partial charge in [-0.2, -0.15) is 5.10 Å². The van der Waals surface area contributed by atoms with Gasteiger partial charge in [0.2, 0.25) is 0 Å². The van der Waals surface area contributed by atoms with Gasteiger partial charge in [0.1, 0.15) is 0 Å². The lowest BCUT2D eigenvalue weighted by Gasteiger charge is -2.28. The Hall–Kier alpha value is -3.19. The van der Waals surface area contributed by atoms with Crippen LogP contribution in [0.1, 0.15) is 62.1 Å². The molecule has 0 spiro atoms. The summed E-state index contributed by atoms with van der Waals surface area (Å²) in [6, 6.07) is 14.1. The maximum atomic E-state index is 13.0. The highest BCUT2D eigenvalue weighted by Crippen LogP contribution is 2.47. The third kappa shape index (κ3) is 6.03. The number of rotatable bonds is 8. The number of benzene rings is 2. The number of carbonyl (C=O) groups is 1. The average Bonchev–Trinajstić information content (AvgIpc) is 3.56. The van der Waals surface area contributed by atoms with Crippen molar-refractivity contribution in [2.75, 3.05) is 12.9 Å². The summed E-state index contributed by atoms with van der Waals surface area (Å²) in [5, 5.41) is 5.32. The van der Waals surface area contributed by atoms with Gasteiger partial charge in [-0.1, -0.05) is 24.0 Å². The zero-order valence-corrected chi connectivity index (χ0v) is 23.2. The summed E-state index contributed by atoms with van der Waals surface area (Å²) in [5.41, 5.74) is 6.30. The first-order chi connectivity index (χ1) is 18.6. The number of carbonyl (C=O) groups excluding carboxylic acids is 1. The van der Waals surface area contributed by atoms with Gasteiger partial charge < -0.3 is 4.74 Å². The number of hydroxylamine groups is 1. The molecule has 0 bridgehead atoms. The van der Waals surface area contributed by atoms with Gasteiger partial charge in [-0.15, -0.1) is 0 Å². The van der Waals surface area contributed by atoms with E-state index in [2.05, 4.69) is 41.5 Å². The van der Waals surface area contributed by atoms with Crippen LogP contribution in [0, 0.1) is 18.8 Å². The molecule has 8 nitrogen and oxygen atoms in total. The zero-order valence-electron chi connectivity index (χ0n) is 22.4. The number of nitrogens with one attached hydrogen (secondary N) is 1. The fourth-order valence-electron chi connectivity index (χ4n) is 4.65. The van der Waals surface area contributed by atoms with E-state index in [1.54, 1.807) is 10.9 Å². The highest BCUT2D eigenvalue weighted by molar-refractivity contribution is 7.92. The Kier molecular flexibility index (Phi) is 7.55. The molecular weight excluding hydrogens is 514 g/mol. The summed E-state index contributed by atoms with van der Waals surface area (Å²) >= 11 is 0. The van der Waals surface area contributed by atoms with E-state index in [0.717, 1.165) is 54.0 Å². The van der Waals surface area contributed by atoms with E-state index in [1.165, 1.54) is 12.5 Å². The van der Waals surface area contributed by atoms with E-state index in [4.69, 9.17) is 9.57 Å². The second kappa shape index (κ2) is 10.8. The molecule has 205 valence electrons. The smallest absolute Gasteiger partial charge is 0.264 e. The van der Waals surface area contributed by atoms with Crippen LogP contribution >= 0.6 is 0 Å². The topological polar surface area (TPSA) is 99.5 Å². The van der Waals surface area contributed by atoms with Crippen molar-refractivity contribution in [3.63, 3.8) is 0 Å². The molecule has 1 aromatic heterocycles. The molecule has 2 aliphatic rings. The van der Waals surface area contributed by atoms with Crippen LogP contribution < -0.4 is 5.48 Å². The third-order valence-corrected chi connectivity index (χ3v) is 9.89. The van der Waals surface area contributed by atoms with E-state index >= 15 is 0 Å². The van der Waals surface area contributed by atoms with Crippen molar-refractivity contribution in [1.82, 2.24) is 15.3 Å². The Morgan fingerprint density at radius 2 is 1.92 bits per heavy atom. The van der Waals surface area contributed by atoms with Gasteiger partial charge in [0.25, 0.3) is 5.91 Å². The van der Waals surface area contributed by atoms with E-state index < -0.39 is 26.8 Å². The first-order valence-corrected chi connectivity index (χ1v) is 15.2. The van der Waals surface area contributed by atoms with Crippen LogP contribution in [0.4, 0.5) is 0 Å². The Morgan fingerprint density at radius 1 is 1.21 bits per heavy atom. The highest BCUT2D eigenvalue weighted by Gasteiger charge is 2.44. The second-order valence-electron chi connectivity index (χ2n) is 10.8. The van der Waals surface area contributed by atoms with Gasteiger partial charge in [0, 0.05) is 42.3 Å². The molecule has 9 heteroatoms. The number of hydrogen-bond acceptors (Lipinski definition) is 6. The number of nitrogens with zero attached hydrogens (tertiary/aromatic N) is 2. The summed E-state index contributed by atoms with van der Waals surface area (Å²) in [4.78, 5) is 18.3. The Balaban J connectivity index is 1.26. The zero-order chi connectivity index (χ0) is 27.7. The lowest BCUT2D eigenvalue weighted by atomic mass is 9.97. The number of fused-ring (bicyclic) bond motifs is 1. The van der Waals surface area contributed by atoms with E-state index in [-0.39, 0.29) is 18.4 Å². The van der Waals surface area contributed by atoms with Crippen molar-refractivity contribution >= 4 is 26.6 Å². The molecule has 2 fully saturated rings. The first-order valence-electron chi connectivity index (χ1n) is 13.3. The van der Waals surface area contributed by atoms with Crippen LogP contribution in [-0.4, -0.2) is 48.0 Å². The summed E-state index contributed by atoms with van der Waals surface area (Å²) in [6.07, 6.45) is 7.02. The van der Waals surface area contributed by atoms with Crippen molar-refractivity contribution in [2.24, 2.45) is 0 Å². The van der Waals surface area contributed by atoms with E-state index in [9.17, 15) is 13.2 Å². The molecule has 1 radical (unpaired) electrons. The number of amides is 1. The Labute approximate surface area is 229 Å². The normalized spacial score (nSPS) is 20.0. The number of aromatic nitrogens is 2. The van der Waals surface area contributed by atoms with Crippen molar-refractivity contribution < 1.29 is 22.8 Å². The molecule has 3 aromatic rings. The van der Waals surface area contributed by atoms with Crippen molar-refractivity contribution in [3.8, 4) is 11.8 Å². The van der Waals surface area contributed by atoms with Crippen LogP contribution in [-0.2, 0) is 36.2 Å². The second-order valence-corrected chi connectivity index (χ2v) is 13.3. The average molecular weight is 549 g/mol. The highest BCUT2D eigenvalue weighted by atomic mass is 32.2. The molecule has 5 rings (SSSR count). The van der Waals surface area contributed by atoms with Crippen molar-refractivity contribution in [3.05, 3.63) is 72.3 Å². The summed E-state index contributed by atoms with van der Waals surface area (Å²) in [5.74, 6) is 5.70. The van der Waals surface area contributed by atoms with Gasteiger partial charge >= 0.3 is 0 Å². The molecule has 2 atom stereocenters. The lowest BCUT2D eigenvalue weighted by molar-refractivity contribution is -0.201. The van der Waals surface area contributed by atoms with Crippen LogP contribution in [0.5, 0.6) is 0 Å². The molecule has 1 saturated carbocycles. The van der Waals surface area contributed by atoms with E-state index in [0.29, 0.717) is 13.0 Å². The lowest BCUT2D eigenvalue weighted by Crippen LogP contribution is -2.51. The predicted octanol–water partition coefficient (Wildman–Crippen LogP) is 4.07. The third-order valence-electron chi connectivity index (χ3n) is 7.86. The molecule has 1 amide bonds. The van der Waals surface area contributed by atoms with Crippen LogP contribution in [0.2, 0.25) is 0 Å². The minimum Gasteiger partial charge on any atom is -0.350 e. The minimum atomic E-state index is -3.77. The predicted molar refractivity (Wildman–Crippen MR) is 149 cm³/mol. The fourth-order valence-corrected chi connectivity index (χ4v) is 5.49. The Morgan fingerprint density at radius 3 is 2.59 bits per heavy atom. The quantitative estimate of drug-likeness (QED) is 0.337. The van der Waals surface area contributed by atoms with Crippen molar-refractivity contribution in [2.45, 2.75) is 68.4 Å². The van der Waals surface area contributed by atoms with Gasteiger partial charge in [-0.3, -0.25) is 9.48 Å².